The molecule has 17 heavy (non-hydrogen) atoms. The van der Waals surface area contributed by atoms with E-state index < -0.39 is 13.1 Å². The Morgan fingerprint density at radius 1 is 1.18 bits per heavy atom. The summed E-state index contributed by atoms with van der Waals surface area (Å²) < 4.78 is 0. The summed E-state index contributed by atoms with van der Waals surface area (Å²) in [6.07, 6.45) is 5.39. The summed E-state index contributed by atoms with van der Waals surface area (Å²) in [5.74, 6) is -0.535. The summed E-state index contributed by atoms with van der Waals surface area (Å²) in [5, 5.41) is 18.5. The second-order valence-electron chi connectivity index (χ2n) is 5.21. The van der Waals surface area contributed by atoms with Crippen molar-refractivity contribution in [3.8, 4) is 0 Å². The number of hydrogen-bond donors (Lipinski definition) is 3. The first kappa shape index (κ1) is 12.9. The van der Waals surface area contributed by atoms with Crippen molar-refractivity contribution < 1.29 is 14.8 Å². The molecule has 5 nitrogen and oxygen atoms in total. The van der Waals surface area contributed by atoms with E-state index in [4.69, 9.17) is 5.73 Å². The van der Waals surface area contributed by atoms with E-state index in [-0.39, 0.29) is 17.9 Å². The second-order valence-corrected chi connectivity index (χ2v) is 5.21. The minimum absolute atomic E-state index is 0.0211. The number of rotatable bonds is 2. The van der Waals surface area contributed by atoms with Gasteiger partial charge in [-0.15, -0.1) is 0 Å². The van der Waals surface area contributed by atoms with Gasteiger partial charge in [0.1, 0.15) is 0 Å². The van der Waals surface area contributed by atoms with Crippen LogP contribution in [0.1, 0.15) is 38.5 Å². The van der Waals surface area contributed by atoms with Gasteiger partial charge >= 0.3 is 7.12 Å². The molecule has 0 aromatic rings. The van der Waals surface area contributed by atoms with Gasteiger partial charge in [0.05, 0.1) is 11.9 Å². The minimum Gasteiger partial charge on any atom is -0.426 e. The molecule has 1 saturated heterocycles. The third-order valence-electron chi connectivity index (χ3n) is 4.06. The molecule has 0 aromatic heterocycles. The number of nitrogens with two attached hydrogens (primary N) is 1. The molecule has 3 atom stereocenters. The van der Waals surface area contributed by atoms with Crippen LogP contribution in [0.25, 0.3) is 0 Å². The molecule has 0 bridgehead atoms. The molecule has 0 spiro atoms. The lowest BCUT2D eigenvalue weighted by atomic mass is 9.76. The number of likely N-dealkylation sites (tertiary alicyclic amines) is 1. The maximum Gasteiger partial charge on any atom is 0.475 e. The Balaban J connectivity index is 2.03. The van der Waals surface area contributed by atoms with E-state index in [0.717, 1.165) is 32.1 Å². The smallest absolute Gasteiger partial charge is 0.426 e. The number of hydrogen-bond acceptors (Lipinski definition) is 4. The lowest BCUT2D eigenvalue weighted by Gasteiger charge is -2.33. The van der Waals surface area contributed by atoms with E-state index in [0.29, 0.717) is 13.0 Å². The van der Waals surface area contributed by atoms with Gasteiger partial charge in [0.25, 0.3) is 0 Å². The quantitative estimate of drug-likeness (QED) is 0.568. The Hall–Kier alpha value is -0.585. The lowest BCUT2D eigenvalue weighted by Crippen LogP contribution is -2.51. The fourth-order valence-corrected chi connectivity index (χ4v) is 3.06. The van der Waals surface area contributed by atoms with Crippen molar-refractivity contribution in [3.63, 3.8) is 0 Å². The number of carbonyl (C=O) groups is 1. The van der Waals surface area contributed by atoms with Crippen LogP contribution in [0.2, 0.25) is 0 Å². The molecule has 1 saturated carbocycles. The van der Waals surface area contributed by atoms with Gasteiger partial charge in [0.15, 0.2) is 0 Å². The fraction of sp³-hybridized carbons (Fsp3) is 0.909. The van der Waals surface area contributed by atoms with Crippen molar-refractivity contribution in [2.45, 2.75) is 50.5 Å². The summed E-state index contributed by atoms with van der Waals surface area (Å²) in [4.78, 5) is 14.0. The van der Waals surface area contributed by atoms with Gasteiger partial charge in [-0.05, 0) is 25.7 Å². The molecule has 4 N–H and O–H groups in total. The van der Waals surface area contributed by atoms with Crippen LogP contribution in [0, 0.1) is 5.92 Å². The topological polar surface area (TPSA) is 86.8 Å². The van der Waals surface area contributed by atoms with Crippen LogP contribution in [0.15, 0.2) is 0 Å². The number of carbonyl (C=O) groups excluding carboxylic acids is 1. The van der Waals surface area contributed by atoms with E-state index in [1.807, 2.05) is 0 Å². The Kier molecular flexibility index (Phi) is 4.07. The first-order chi connectivity index (χ1) is 8.11. The van der Waals surface area contributed by atoms with Crippen molar-refractivity contribution in [2.24, 2.45) is 11.7 Å². The maximum atomic E-state index is 12.3. The molecule has 0 radical (unpaired) electrons. The summed E-state index contributed by atoms with van der Waals surface area (Å²) in [6.45, 7) is 0.629. The predicted molar refractivity (Wildman–Crippen MR) is 64.9 cm³/mol. The zero-order valence-corrected chi connectivity index (χ0v) is 10.1. The Bertz CT molecular complexity index is 288. The van der Waals surface area contributed by atoms with Crippen LogP contribution in [0.4, 0.5) is 0 Å². The molecule has 2 rings (SSSR count). The third kappa shape index (κ3) is 2.64. The number of nitrogens with zero attached hydrogens (tertiary/aromatic N) is 1. The molecular formula is C11H21BN2O3. The van der Waals surface area contributed by atoms with Crippen molar-refractivity contribution in [3.05, 3.63) is 0 Å². The van der Waals surface area contributed by atoms with Crippen LogP contribution < -0.4 is 5.73 Å². The number of amides is 1. The van der Waals surface area contributed by atoms with Gasteiger partial charge in [-0.2, -0.15) is 0 Å². The summed E-state index contributed by atoms with van der Waals surface area (Å²) in [7, 11) is -1.43. The summed E-state index contributed by atoms with van der Waals surface area (Å²) in [5.41, 5.74) is 6.00. The molecular weight excluding hydrogens is 219 g/mol. The van der Waals surface area contributed by atoms with Gasteiger partial charge < -0.3 is 20.7 Å². The molecule has 1 aliphatic heterocycles. The van der Waals surface area contributed by atoms with Gasteiger partial charge in [0.2, 0.25) is 5.91 Å². The molecule has 2 fully saturated rings. The Morgan fingerprint density at radius 2 is 1.88 bits per heavy atom. The van der Waals surface area contributed by atoms with Gasteiger partial charge in [-0.1, -0.05) is 12.8 Å². The molecule has 1 aliphatic carbocycles. The van der Waals surface area contributed by atoms with Crippen LogP contribution in [-0.2, 0) is 4.79 Å². The highest BCUT2D eigenvalue weighted by Gasteiger charge is 2.40. The van der Waals surface area contributed by atoms with E-state index >= 15 is 0 Å². The van der Waals surface area contributed by atoms with Crippen molar-refractivity contribution in [1.29, 1.82) is 0 Å². The molecule has 2 unspecified atom stereocenters. The van der Waals surface area contributed by atoms with Crippen LogP contribution >= 0.6 is 0 Å². The van der Waals surface area contributed by atoms with Crippen molar-refractivity contribution >= 4 is 13.0 Å². The maximum absolute atomic E-state index is 12.3. The van der Waals surface area contributed by atoms with Crippen LogP contribution in [0.5, 0.6) is 0 Å². The second kappa shape index (κ2) is 5.37. The predicted octanol–water partition coefficient (Wildman–Crippen LogP) is -0.493. The van der Waals surface area contributed by atoms with Gasteiger partial charge in [-0.25, -0.2) is 0 Å². The average molecular weight is 240 g/mol. The normalized spacial score (nSPS) is 33.8. The van der Waals surface area contributed by atoms with Gasteiger partial charge in [0, 0.05) is 12.6 Å². The SMILES string of the molecule is NC1CCCCC1C(=O)N1CCC[C@H]1B(O)O. The first-order valence-electron chi connectivity index (χ1n) is 6.53. The fourth-order valence-electron chi connectivity index (χ4n) is 3.06. The first-order valence-corrected chi connectivity index (χ1v) is 6.53. The van der Waals surface area contributed by atoms with Crippen LogP contribution in [-0.4, -0.2) is 46.5 Å². The highest BCUT2D eigenvalue weighted by molar-refractivity contribution is 6.43. The molecule has 96 valence electrons. The highest BCUT2D eigenvalue weighted by Crippen LogP contribution is 2.28. The molecule has 6 heteroatoms. The van der Waals surface area contributed by atoms with Crippen LogP contribution in [0.3, 0.4) is 0 Å². The zero-order valence-electron chi connectivity index (χ0n) is 10.1. The Labute approximate surface area is 102 Å². The van der Waals surface area contributed by atoms with Gasteiger partial charge in [-0.3, -0.25) is 4.79 Å². The Morgan fingerprint density at radius 3 is 2.53 bits per heavy atom. The lowest BCUT2D eigenvalue weighted by molar-refractivity contribution is -0.137. The van der Waals surface area contributed by atoms with Crippen molar-refractivity contribution in [1.82, 2.24) is 4.90 Å². The minimum atomic E-state index is -1.43. The van der Waals surface area contributed by atoms with E-state index in [2.05, 4.69) is 0 Å². The van der Waals surface area contributed by atoms with E-state index in [9.17, 15) is 14.8 Å². The average Bonchev–Trinajstić information content (AvgIpc) is 2.77. The molecule has 2 aliphatic rings. The molecule has 0 aromatic carbocycles. The molecule has 1 amide bonds. The van der Waals surface area contributed by atoms with E-state index in [1.165, 1.54) is 0 Å². The molecule has 1 heterocycles. The highest BCUT2D eigenvalue weighted by atomic mass is 16.4. The monoisotopic (exact) mass is 240 g/mol. The summed E-state index contributed by atoms with van der Waals surface area (Å²) in [6, 6.07) is -0.0617. The van der Waals surface area contributed by atoms with E-state index in [1.54, 1.807) is 4.90 Å². The summed E-state index contributed by atoms with van der Waals surface area (Å²) >= 11 is 0. The standard InChI is InChI=1S/C11H21BN2O3/c13-9-5-2-1-4-8(9)11(15)14-7-3-6-10(14)12(16)17/h8-10,16-17H,1-7,13H2/t8?,9?,10-/m0/s1. The third-order valence-corrected chi connectivity index (χ3v) is 4.06. The zero-order chi connectivity index (χ0) is 12.4. The largest absolute Gasteiger partial charge is 0.475 e. The van der Waals surface area contributed by atoms with Crippen molar-refractivity contribution in [2.75, 3.05) is 6.54 Å².